The molecule has 0 aliphatic carbocycles. The molecule has 2 aliphatic rings. The highest BCUT2D eigenvalue weighted by atomic mass is 19.1. The molecule has 1 amide bonds. The number of hydrogen-bond acceptors (Lipinski definition) is 3. The number of carbonyl (C=O) groups is 1. The predicted octanol–water partition coefficient (Wildman–Crippen LogP) is 5.29. The van der Waals surface area contributed by atoms with E-state index in [4.69, 9.17) is 4.74 Å². The molecule has 1 atom stereocenters. The fourth-order valence-corrected chi connectivity index (χ4v) is 5.64. The molecule has 2 saturated heterocycles. The van der Waals surface area contributed by atoms with Crippen LogP contribution in [0.1, 0.15) is 43.2 Å². The van der Waals surface area contributed by atoms with Crippen molar-refractivity contribution in [3.8, 4) is 0 Å². The molecule has 1 aromatic heterocycles. The molecule has 4 nitrogen and oxygen atoms in total. The van der Waals surface area contributed by atoms with Crippen LogP contribution in [0, 0.1) is 11.7 Å². The van der Waals surface area contributed by atoms with Crippen LogP contribution in [0.25, 0.3) is 10.8 Å². The third-order valence-electron chi connectivity index (χ3n) is 7.51. The van der Waals surface area contributed by atoms with Crippen LogP contribution >= 0.6 is 0 Å². The summed E-state index contributed by atoms with van der Waals surface area (Å²) in [5, 5.41) is 2.38. The molecule has 33 heavy (non-hydrogen) atoms. The molecule has 0 unspecified atom stereocenters. The standard InChI is InChI=1S/C28H31FN2O2/c29-26-6-2-1-5-25(26)28(11-16-33-17-12-28)27(32)31-14-3-4-21(10-15-31)18-22-7-8-23-9-13-30-20-24(23)19-22/h1-2,5-9,13,19-21H,3-4,10-12,14-18H2/t21-/m1/s1. The van der Waals surface area contributed by atoms with Crippen molar-refractivity contribution in [2.45, 2.75) is 43.9 Å². The number of aromatic nitrogens is 1. The average Bonchev–Trinajstić information content (AvgIpc) is 3.10. The number of rotatable bonds is 4. The Morgan fingerprint density at radius 2 is 1.91 bits per heavy atom. The highest BCUT2D eigenvalue weighted by Gasteiger charge is 2.45. The third kappa shape index (κ3) is 4.51. The van der Waals surface area contributed by atoms with E-state index in [1.54, 1.807) is 12.1 Å². The SMILES string of the molecule is O=C(N1CCC[C@@H](Cc2ccc3ccncc3c2)CC1)C1(c2ccccc2F)CCOCC1. The van der Waals surface area contributed by atoms with Crippen molar-refractivity contribution in [3.05, 3.63) is 77.9 Å². The van der Waals surface area contributed by atoms with Gasteiger partial charge in [-0.1, -0.05) is 30.3 Å². The highest BCUT2D eigenvalue weighted by Crippen LogP contribution is 2.39. The number of hydrogen-bond donors (Lipinski definition) is 0. The molecule has 2 aliphatic heterocycles. The smallest absolute Gasteiger partial charge is 0.233 e. The molecular weight excluding hydrogens is 415 g/mol. The topological polar surface area (TPSA) is 42.4 Å². The molecule has 2 fully saturated rings. The van der Waals surface area contributed by atoms with Crippen LogP contribution < -0.4 is 0 Å². The van der Waals surface area contributed by atoms with Gasteiger partial charge in [-0.25, -0.2) is 4.39 Å². The Morgan fingerprint density at radius 1 is 1.06 bits per heavy atom. The minimum atomic E-state index is -0.811. The number of likely N-dealkylation sites (tertiary alicyclic amines) is 1. The van der Waals surface area contributed by atoms with Gasteiger partial charge in [0.25, 0.3) is 0 Å². The molecular formula is C28H31FN2O2. The van der Waals surface area contributed by atoms with E-state index in [2.05, 4.69) is 23.2 Å². The first-order chi connectivity index (χ1) is 16.2. The van der Waals surface area contributed by atoms with Crippen molar-refractivity contribution >= 4 is 16.7 Å². The second-order valence-electron chi connectivity index (χ2n) is 9.52. The summed E-state index contributed by atoms with van der Waals surface area (Å²) in [5.41, 5.74) is 1.05. The van der Waals surface area contributed by atoms with Gasteiger partial charge in [-0.2, -0.15) is 0 Å². The number of halogens is 1. The van der Waals surface area contributed by atoms with Gasteiger partial charge in [-0.15, -0.1) is 0 Å². The van der Waals surface area contributed by atoms with Crippen molar-refractivity contribution in [2.24, 2.45) is 5.92 Å². The quantitative estimate of drug-likeness (QED) is 0.547. The fourth-order valence-electron chi connectivity index (χ4n) is 5.64. The fraction of sp³-hybridized carbons (Fsp3) is 0.429. The predicted molar refractivity (Wildman–Crippen MR) is 127 cm³/mol. The van der Waals surface area contributed by atoms with E-state index in [0.717, 1.165) is 38.8 Å². The number of amides is 1. The maximum atomic E-state index is 14.8. The van der Waals surface area contributed by atoms with Crippen molar-refractivity contribution in [2.75, 3.05) is 26.3 Å². The van der Waals surface area contributed by atoms with Gasteiger partial charge in [0, 0.05) is 49.6 Å². The molecule has 5 rings (SSSR count). The number of pyridine rings is 1. The van der Waals surface area contributed by atoms with Crippen LogP contribution in [0.3, 0.4) is 0 Å². The van der Waals surface area contributed by atoms with Crippen LogP contribution in [-0.4, -0.2) is 42.1 Å². The largest absolute Gasteiger partial charge is 0.381 e. The van der Waals surface area contributed by atoms with E-state index >= 15 is 0 Å². The monoisotopic (exact) mass is 446 g/mol. The molecule has 0 spiro atoms. The van der Waals surface area contributed by atoms with E-state index in [0.29, 0.717) is 37.5 Å². The summed E-state index contributed by atoms with van der Waals surface area (Å²) in [7, 11) is 0. The van der Waals surface area contributed by atoms with Gasteiger partial charge < -0.3 is 9.64 Å². The summed E-state index contributed by atoms with van der Waals surface area (Å²) in [6, 6.07) is 15.4. The molecule has 3 aromatic rings. The molecule has 0 saturated carbocycles. The van der Waals surface area contributed by atoms with Gasteiger partial charge in [-0.05, 0) is 73.6 Å². The highest BCUT2D eigenvalue weighted by molar-refractivity contribution is 5.88. The van der Waals surface area contributed by atoms with Gasteiger partial charge in [0.05, 0.1) is 5.41 Å². The second-order valence-corrected chi connectivity index (χ2v) is 9.52. The Bertz CT molecular complexity index is 1130. The first-order valence-electron chi connectivity index (χ1n) is 12.1. The maximum absolute atomic E-state index is 14.8. The van der Waals surface area contributed by atoms with Crippen molar-refractivity contribution in [3.63, 3.8) is 0 Å². The summed E-state index contributed by atoms with van der Waals surface area (Å²) in [6.07, 6.45) is 8.89. The first kappa shape index (κ1) is 22.0. The van der Waals surface area contributed by atoms with E-state index in [1.807, 2.05) is 29.4 Å². The zero-order valence-electron chi connectivity index (χ0n) is 19.0. The Balaban J connectivity index is 1.31. The lowest BCUT2D eigenvalue weighted by Crippen LogP contribution is -2.50. The van der Waals surface area contributed by atoms with Crippen molar-refractivity contribution < 1.29 is 13.9 Å². The van der Waals surface area contributed by atoms with Gasteiger partial charge >= 0.3 is 0 Å². The van der Waals surface area contributed by atoms with E-state index in [-0.39, 0.29) is 11.7 Å². The molecule has 5 heteroatoms. The third-order valence-corrected chi connectivity index (χ3v) is 7.51. The Morgan fingerprint density at radius 3 is 2.76 bits per heavy atom. The van der Waals surface area contributed by atoms with Crippen LogP contribution in [0.15, 0.2) is 60.9 Å². The molecule has 172 valence electrons. The van der Waals surface area contributed by atoms with Gasteiger partial charge in [0.2, 0.25) is 5.91 Å². The number of carbonyl (C=O) groups excluding carboxylic acids is 1. The minimum absolute atomic E-state index is 0.0772. The molecule has 0 bridgehead atoms. The zero-order valence-corrected chi connectivity index (χ0v) is 19.0. The Labute approximate surface area is 194 Å². The summed E-state index contributed by atoms with van der Waals surface area (Å²) in [4.78, 5) is 20.1. The molecule has 0 N–H and O–H groups in total. The van der Waals surface area contributed by atoms with Crippen LogP contribution in [-0.2, 0) is 21.4 Å². The number of benzene rings is 2. The minimum Gasteiger partial charge on any atom is -0.381 e. The number of fused-ring (bicyclic) bond motifs is 1. The second kappa shape index (κ2) is 9.60. The van der Waals surface area contributed by atoms with E-state index in [1.165, 1.54) is 22.4 Å². The normalized spacial score (nSPS) is 21.0. The summed E-state index contributed by atoms with van der Waals surface area (Å²) >= 11 is 0. The van der Waals surface area contributed by atoms with Gasteiger partial charge in [0.15, 0.2) is 0 Å². The van der Waals surface area contributed by atoms with Crippen molar-refractivity contribution in [1.82, 2.24) is 9.88 Å². The van der Waals surface area contributed by atoms with E-state index < -0.39 is 5.41 Å². The average molecular weight is 447 g/mol. The van der Waals surface area contributed by atoms with Crippen molar-refractivity contribution in [1.29, 1.82) is 0 Å². The Hall–Kier alpha value is -2.79. The maximum Gasteiger partial charge on any atom is 0.233 e. The lowest BCUT2D eigenvalue weighted by atomic mass is 9.72. The van der Waals surface area contributed by atoms with Crippen LogP contribution in [0.5, 0.6) is 0 Å². The molecule has 0 radical (unpaired) electrons. The number of nitrogens with zero attached hydrogens (tertiary/aromatic N) is 2. The summed E-state index contributed by atoms with van der Waals surface area (Å²) < 4.78 is 20.4. The van der Waals surface area contributed by atoms with Crippen LogP contribution in [0.2, 0.25) is 0 Å². The van der Waals surface area contributed by atoms with E-state index in [9.17, 15) is 9.18 Å². The molecule has 2 aromatic carbocycles. The summed E-state index contributed by atoms with van der Waals surface area (Å²) in [6.45, 7) is 2.46. The first-order valence-corrected chi connectivity index (χ1v) is 12.1. The molecule has 3 heterocycles. The van der Waals surface area contributed by atoms with Crippen LogP contribution in [0.4, 0.5) is 4.39 Å². The zero-order chi connectivity index (χ0) is 22.7. The number of ether oxygens (including phenoxy) is 1. The summed E-state index contributed by atoms with van der Waals surface area (Å²) in [5.74, 6) is 0.329. The lowest BCUT2D eigenvalue weighted by molar-refractivity contribution is -0.141. The lowest BCUT2D eigenvalue weighted by Gasteiger charge is -2.40. The van der Waals surface area contributed by atoms with Gasteiger partial charge in [0.1, 0.15) is 5.82 Å². The van der Waals surface area contributed by atoms with Gasteiger partial charge in [-0.3, -0.25) is 9.78 Å². The Kier molecular flexibility index (Phi) is 6.41.